The Bertz CT molecular complexity index is 969. The second kappa shape index (κ2) is 11.2. The van der Waals surface area contributed by atoms with E-state index in [1.54, 1.807) is 27.7 Å². The molecular formula is C24H26O12. The topological polar surface area (TPSA) is 158 Å². The molecule has 0 bridgehead atoms. The number of hydrogen-bond donors (Lipinski definition) is 0. The van der Waals surface area contributed by atoms with E-state index in [-0.39, 0.29) is 48.7 Å². The van der Waals surface area contributed by atoms with E-state index >= 15 is 0 Å². The molecule has 12 nitrogen and oxygen atoms in total. The number of benzene rings is 1. The van der Waals surface area contributed by atoms with Crippen LogP contribution in [-0.2, 0) is 47.6 Å². The van der Waals surface area contributed by atoms with Gasteiger partial charge in [0.15, 0.2) is 24.0 Å². The van der Waals surface area contributed by atoms with Gasteiger partial charge in [0, 0.05) is 11.1 Å². The largest absolute Gasteiger partial charge is 0.465 e. The van der Waals surface area contributed by atoms with Crippen LogP contribution in [0.2, 0.25) is 0 Å². The van der Waals surface area contributed by atoms with E-state index in [2.05, 4.69) is 0 Å². The van der Waals surface area contributed by atoms with Crippen molar-refractivity contribution in [3.05, 3.63) is 34.4 Å². The lowest BCUT2D eigenvalue weighted by atomic mass is 9.88. The van der Waals surface area contributed by atoms with Gasteiger partial charge >= 0.3 is 35.8 Å². The summed E-state index contributed by atoms with van der Waals surface area (Å²) in [6.07, 6.45) is -2.85. The van der Waals surface area contributed by atoms with Gasteiger partial charge < -0.3 is 28.4 Å². The molecule has 0 radical (unpaired) electrons. The second-order valence-electron chi connectivity index (χ2n) is 7.64. The third-order valence-electron chi connectivity index (χ3n) is 5.51. The van der Waals surface area contributed by atoms with Gasteiger partial charge in [0.25, 0.3) is 0 Å². The van der Waals surface area contributed by atoms with Gasteiger partial charge in [0.2, 0.25) is 0 Å². The summed E-state index contributed by atoms with van der Waals surface area (Å²) in [7, 11) is 0. The lowest BCUT2D eigenvalue weighted by Gasteiger charge is -2.21. The molecule has 194 valence electrons. The molecule has 0 aliphatic carbocycles. The molecule has 0 saturated heterocycles. The number of ether oxygens (including phenoxy) is 6. The van der Waals surface area contributed by atoms with Gasteiger partial charge in [0.1, 0.15) is 0 Å². The first-order valence-electron chi connectivity index (χ1n) is 11.5. The molecule has 0 aromatic heterocycles. The molecule has 0 spiro atoms. The average molecular weight is 506 g/mol. The number of esters is 6. The monoisotopic (exact) mass is 506 g/mol. The van der Waals surface area contributed by atoms with Gasteiger partial charge in [-0.25, -0.2) is 9.59 Å². The minimum atomic E-state index is -1.63. The number of cyclic esters (lactones) is 2. The molecule has 1 aromatic rings. The Labute approximate surface area is 206 Å². The molecule has 2 aliphatic heterocycles. The van der Waals surface area contributed by atoms with Crippen molar-refractivity contribution < 1.29 is 57.2 Å². The Balaban J connectivity index is 2.08. The number of hydrogen-bond acceptors (Lipinski definition) is 12. The average Bonchev–Trinajstić information content (AvgIpc) is 3.30. The van der Waals surface area contributed by atoms with Crippen LogP contribution in [0.4, 0.5) is 0 Å². The van der Waals surface area contributed by atoms with Gasteiger partial charge in [-0.15, -0.1) is 0 Å². The standard InChI is InChI=1S/C24H26O12/c1-5-31-21(27)15(22(28)32-6-2)17-11-9-14-12(10-13(11)19(25)35-17)18(36-20(14)26)16(23(29)33-7-3)24(30)34-8-4/h9-10,15-18H,5-8H2,1-4H3. The van der Waals surface area contributed by atoms with Gasteiger partial charge in [-0.05, 0) is 39.8 Å². The molecule has 36 heavy (non-hydrogen) atoms. The molecule has 0 amide bonds. The summed E-state index contributed by atoms with van der Waals surface area (Å²) in [5.74, 6) is -8.91. The Hall–Kier alpha value is -3.96. The Morgan fingerprint density at radius 3 is 1.17 bits per heavy atom. The maximum absolute atomic E-state index is 12.7. The van der Waals surface area contributed by atoms with E-state index in [1.165, 1.54) is 12.1 Å². The third-order valence-corrected chi connectivity index (χ3v) is 5.51. The highest BCUT2D eigenvalue weighted by atomic mass is 16.6. The molecule has 2 atom stereocenters. The van der Waals surface area contributed by atoms with Crippen molar-refractivity contribution in [1.82, 2.24) is 0 Å². The Kier molecular flexibility index (Phi) is 8.28. The second-order valence-corrected chi connectivity index (χ2v) is 7.64. The summed E-state index contributed by atoms with van der Waals surface area (Å²) in [6, 6.07) is 2.47. The molecule has 2 unspecified atom stereocenters. The zero-order chi connectivity index (χ0) is 26.6. The molecule has 0 saturated carbocycles. The first-order valence-corrected chi connectivity index (χ1v) is 11.5. The molecule has 0 fully saturated rings. The Morgan fingerprint density at radius 2 is 0.917 bits per heavy atom. The van der Waals surface area contributed by atoms with Crippen LogP contribution < -0.4 is 0 Å². The van der Waals surface area contributed by atoms with Crippen LogP contribution in [0.25, 0.3) is 0 Å². The summed E-state index contributed by atoms with van der Waals surface area (Å²) in [4.78, 5) is 75.7. The Morgan fingerprint density at radius 1 is 0.639 bits per heavy atom. The summed E-state index contributed by atoms with van der Waals surface area (Å²) < 4.78 is 30.5. The van der Waals surface area contributed by atoms with Crippen molar-refractivity contribution in [2.24, 2.45) is 11.8 Å². The van der Waals surface area contributed by atoms with E-state index in [0.29, 0.717) is 0 Å². The maximum Gasteiger partial charge on any atom is 0.339 e. The number of rotatable bonds is 10. The lowest BCUT2D eigenvalue weighted by Crippen LogP contribution is -2.33. The fourth-order valence-electron chi connectivity index (χ4n) is 4.05. The van der Waals surface area contributed by atoms with Crippen LogP contribution in [0.5, 0.6) is 0 Å². The summed E-state index contributed by atoms with van der Waals surface area (Å²) in [5, 5.41) is 0. The molecule has 12 heteroatoms. The van der Waals surface area contributed by atoms with Crippen LogP contribution in [0.3, 0.4) is 0 Å². The van der Waals surface area contributed by atoms with Crippen molar-refractivity contribution in [3.8, 4) is 0 Å². The summed E-state index contributed by atoms with van der Waals surface area (Å²) in [6.45, 7) is 6.02. The minimum Gasteiger partial charge on any atom is -0.465 e. The summed E-state index contributed by atoms with van der Waals surface area (Å²) in [5.41, 5.74) is -0.0308. The van der Waals surface area contributed by atoms with Gasteiger partial charge in [0.05, 0.1) is 37.6 Å². The number of carbonyl (C=O) groups excluding carboxylic acids is 6. The van der Waals surface area contributed by atoms with Crippen LogP contribution in [0.15, 0.2) is 12.1 Å². The van der Waals surface area contributed by atoms with Gasteiger partial charge in [-0.2, -0.15) is 0 Å². The van der Waals surface area contributed by atoms with E-state index in [9.17, 15) is 28.8 Å². The third kappa shape index (κ3) is 4.88. The lowest BCUT2D eigenvalue weighted by molar-refractivity contribution is -0.169. The maximum atomic E-state index is 12.7. The van der Waals surface area contributed by atoms with Gasteiger partial charge in [-0.3, -0.25) is 19.2 Å². The minimum absolute atomic E-state index is 0.0381. The van der Waals surface area contributed by atoms with Crippen molar-refractivity contribution in [1.29, 1.82) is 0 Å². The fourth-order valence-corrected chi connectivity index (χ4v) is 4.05. The van der Waals surface area contributed by atoms with Crippen LogP contribution in [0.1, 0.15) is 71.7 Å². The van der Waals surface area contributed by atoms with Crippen LogP contribution >= 0.6 is 0 Å². The fraction of sp³-hybridized carbons (Fsp3) is 0.500. The van der Waals surface area contributed by atoms with E-state index in [4.69, 9.17) is 28.4 Å². The van der Waals surface area contributed by atoms with Crippen LogP contribution in [-0.4, -0.2) is 62.2 Å². The van der Waals surface area contributed by atoms with E-state index in [1.807, 2.05) is 0 Å². The zero-order valence-corrected chi connectivity index (χ0v) is 20.2. The van der Waals surface area contributed by atoms with Crippen LogP contribution in [0, 0.1) is 11.8 Å². The predicted octanol–water partition coefficient (Wildman–Crippen LogP) is 1.59. The van der Waals surface area contributed by atoms with Crippen molar-refractivity contribution in [2.45, 2.75) is 39.9 Å². The highest BCUT2D eigenvalue weighted by molar-refractivity contribution is 6.04. The van der Waals surface area contributed by atoms with Crippen molar-refractivity contribution >= 4 is 35.8 Å². The zero-order valence-electron chi connectivity index (χ0n) is 20.2. The van der Waals surface area contributed by atoms with Crippen molar-refractivity contribution in [3.63, 3.8) is 0 Å². The van der Waals surface area contributed by atoms with E-state index < -0.39 is 59.9 Å². The first kappa shape index (κ1) is 26.6. The highest BCUT2D eigenvalue weighted by Gasteiger charge is 2.51. The predicted molar refractivity (Wildman–Crippen MR) is 116 cm³/mol. The molecule has 2 heterocycles. The van der Waals surface area contributed by atoms with E-state index in [0.717, 1.165) is 0 Å². The molecule has 1 aromatic carbocycles. The molecule has 0 N–H and O–H groups in total. The summed E-state index contributed by atoms with van der Waals surface area (Å²) >= 11 is 0. The first-order chi connectivity index (χ1) is 17.2. The quantitative estimate of drug-likeness (QED) is 0.257. The normalized spacial score (nSPS) is 17.7. The molecule has 3 rings (SSSR count). The smallest absolute Gasteiger partial charge is 0.339 e. The molecular weight excluding hydrogens is 480 g/mol. The van der Waals surface area contributed by atoms with Crippen molar-refractivity contribution in [2.75, 3.05) is 26.4 Å². The SMILES string of the molecule is CCOC(=O)C(C(=O)OCC)C1OC(=O)c2cc3c(cc21)C(=O)OC3C(C(=O)OCC)C(=O)OCC. The number of carbonyl (C=O) groups is 6. The molecule has 2 aliphatic rings. The van der Waals surface area contributed by atoms with Gasteiger partial charge in [-0.1, -0.05) is 0 Å². The highest BCUT2D eigenvalue weighted by Crippen LogP contribution is 2.44. The number of fused-ring (bicyclic) bond motifs is 2.